The van der Waals surface area contributed by atoms with Gasteiger partial charge in [0.25, 0.3) is 0 Å². The van der Waals surface area contributed by atoms with Crippen molar-refractivity contribution in [2.45, 2.75) is 25.4 Å². The number of benzene rings is 1. The highest BCUT2D eigenvalue weighted by molar-refractivity contribution is 5.35. The van der Waals surface area contributed by atoms with Crippen LogP contribution in [0.25, 0.3) is 0 Å². The Bertz CT molecular complexity index is 335. The van der Waals surface area contributed by atoms with E-state index in [9.17, 15) is 5.11 Å². The molecule has 1 aromatic carbocycles. The molecule has 0 saturated heterocycles. The van der Waals surface area contributed by atoms with E-state index in [0.29, 0.717) is 12.3 Å². The number of para-hydroxylation sites is 1. The molecule has 1 aliphatic carbocycles. The van der Waals surface area contributed by atoms with Crippen LogP contribution in [0.2, 0.25) is 0 Å². The second-order valence-electron chi connectivity index (χ2n) is 4.20. The van der Waals surface area contributed by atoms with Gasteiger partial charge in [0.05, 0.1) is 12.7 Å². The van der Waals surface area contributed by atoms with E-state index in [1.54, 1.807) is 7.11 Å². The summed E-state index contributed by atoms with van der Waals surface area (Å²) >= 11 is 0. The second-order valence-corrected chi connectivity index (χ2v) is 4.20. The molecule has 1 aromatic rings. The Morgan fingerprint density at radius 3 is 2.71 bits per heavy atom. The third kappa shape index (κ3) is 1.62. The van der Waals surface area contributed by atoms with E-state index in [-0.39, 0.29) is 0 Å². The molecule has 1 N–H and O–H groups in total. The number of rotatable bonds is 3. The third-order valence-electron chi connectivity index (χ3n) is 3.11. The quantitative estimate of drug-likeness (QED) is 0.793. The van der Waals surface area contributed by atoms with Crippen molar-refractivity contribution in [2.24, 2.45) is 5.92 Å². The molecule has 0 aliphatic heterocycles. The molecule has 14 heavy (non-hydrogen) atoms. The molecule has 2 nitrogen and oxygen atoms in total. The highest BCUT2D eigenvalue weighted by Crippen LogP contribution is 2.46. The molecule has 0 heterocycles. The average Bonchev–Trinajstić information content (AvgIpc) is 2.75. The van der Waals surface area contributed by atoms with Crippen LogP contribution in [0.5, 0.6) is 5.75 Å². The van der Waals surface area contributed by atoms with E-state index in [0.717, 1.165) is 17.7 Å². The van der Waals surface area contributed by atoms with Gasteiger partial charge in [-0.3, -0.25) is 0 Å². The van der Waals surface area contributed by atoms with Crippen molar-refractivity contribution in [1.82, 2.24) is 0 Å². The highest BCUT2D eigenvalue weighted by Gasteiger charge is 2.49. The first kappa shape index (κ1) is 9.53. The van der Waals surface area contributed by atoms with Gasteiger partial charge in [-0.1, -0.05) is 25.1 Å². The van der Waals surface area contributed by atoms with Gasteiger partial charge in [0.2, 0.25) is 0 Å². The van der Waals surface area contributed by atoms with Crippen LogP contribution in [-0.4, -0.2) is 17.8 Å². The smallest absolute Gasteiger partial charge is 0.122 e. The molecule has 2 atom stereocenters. The zero-order valence-corrected chi connectivity index (χ0v) is 8.66. The summed E-state index contributed by atoms with van der Waals surface area (Å²) in [7, 11) is 1.67. The zero-order valence-electron chi connectivity index (χ0n) is 8.66. The van der Waals surface area contributed by atoms with Crippen LogP contribution in [-0.2, 0) is 6.42 Å². The van der Waals surface area contributed by atoms with Crippen molar-refractivity contribution in [2.75, 3.05) is 7.11 Å². The van der Waals surface area contributed by atoms with Crippen molar-refractivity contribution >= 4 is 0 Å². The van der Waals surface area contributed by atoms with Gasteiger partial charge in [-0.2, -0.15) is 0 Å². The molecule has 0 amide bonds. The summed E-state index contributed by atoms with van der Waals surface area (Å²) in [6.45, 7) is 2.08. The fraction of sp³-hybridized carbons (Fsp3) is 0.500. The molecule has 2 heteroatoms. The molecule has 0 radical (unpaired) electrons. The van der Waals surface area contributed by atoms with E-state index in [4.69, 9.17) is 4.74 Å². The number of methoxy groups -OCH3 is 1. The van der Waals surface area contributed by atoms with Crippen molar-refractivity contribution in [3.8, 4) is 5.75 Å². The minimum Gasteiger partial charge on any atom is -0.496 e. The predicted octanol–water partition coefficient (Wildman–Crippen LogP) is 2.01. The predicted molar refractivity (Wildman–Crippen MR) is 55.4 cm³/mol. The number of aliphatic hydroxyl groups is 1. The lowest BCUT2D eigenvalue weighted by atomic mass is 10.0. The van der Waals surface area contributed by atoms with Crippen LogP contribution in [0, 0.1) is 5.92 Å². The Balaban J connectivity index is 2.16. The molecule has 1 aliphatic rings. The highest BCUT2D eigenvalue weighted by atomic mass is 16.5. The SMILES string of the molecule is COc1ccccc1CC1(O)CC1C. The molecular weight excluding hydrogens is 176 g/mol. The molecule has 76 valence electrons. The fourth-order valence-electron chi connectivity index (χ4n) is 1.90. The molecule has 2 rings (SSSR count). The second kappa shape index (κ2) is 3.28. The Hall–Kier alpha value is -1.02. The molecule has 0 aromatic heterocycles. The van der Waals surface area contributed by atoms with Gasteiger partial charge in [0.1, 0.15) is 5.75 Å². The summed E-state index contributed by atoms with van der Waals surface area (Å²) in [6, 6.07) is 7.88. The van der Waals surface area contributed by atoms with Gasteiger partial charge >= 0.3 is 0 Å². The van der Waals surface area contributed by atoms with Crippen LogP contribution in [0.1, 0.15) is 18.9 Å². The normalized spacial score (nSPS) is 30.1. The van der Waals surface area contributed by atoms with E-state index < -0.39 is 5.60 Å². The summed E-state index contributed by atoms with van der Waals surface area (Å²) in [6.07, 6.45) is 1.61. The Kier molecular flexibility index (Phi) is 2.23. The van der Waals surface area contributed by atoms with Gasteiger partial charge < -0.3 is 9.84 Å². The van der Waals surface area contributed by atoms with Crippen molar-refractivity contribution in [3.05, 3.63) is 29.8 Å². The maximum absolute atomic E-state index is 10.0. The lowest BCUT2D eigenvalue weighted by Crippen LogP contribution is -2.14. The van der Waals surface area contributed by atoms with Gasteiger partial charge in [0, 0.05) is 6.42 Å². The largest absolute Gasteiger partial charge is 0.496 e. The van der Waals surface area contributed by atoms with Crippen molar-refractivity contribution in [1.29, 1.82) is 0 Å². The van der Waals surface area contributed by atoms with Crippen LogP contribution in [0.4, 0.5) is 0 Å². The lowest BCUT2D eigenvalue weighted by Gasteiger charge is -2.12. The Morgan fingerprint density at radius 1 is 1.50 bits per heavy atom. The summed E-state index contributed by atoms with van der Waals surface area (Å²) in [5.74, 6) is 1.30. The molecule has 2 unspecified atom stereocenters. The molecule has 1 saturated carbocycles. The summed E-state index contributed by atoms with van der Waals surface area (Å²) in [5, 5.41) is 10.0. The standard InChI is InChI=1S/C12H16O2/c1-9-7-12(9,13)8-10-5-3-4-6-11(10)14-2/h3-6,9,13H,7-8H2,1-2H3. The summed E-state index contributed by atoms with van der Waals surface area (Å²) in [5.41, 5.74) is 0.621. The summed E-state index contributed by atoms with van der Waals surface area (Å²) in [4.78, 5) is 0. The van der Waals surface area contributed by atoms with Crippen LogP contribution >= 0.6 is 0 Å². The number of ether oxygens (including phenoxy) is 1. The van der Waals surface area contributed by atoms with Crippen molar-refractivity contribution < 1.29 is 9.84 Å². The Morgan fingerprint density at radius 2 is 2.14 bits per heavy atom. The van der Waals surface area contributed by atoms with E-state index in [1.165, 1.54) is 0 Å². The van der Waals surface area contributed by atoms with Crippen LogP contribution in [0.15, 0.2) is 24.3 Å². The van der Waals surface area contributed by atoms with Crippen LogP contribution < -0.4 is 4.74 Å². The van der Waals surface area contributed by atoms with Gasteiger partial charge in [0.15, 0.2) is 0 Å². The third-order valence-corrected chi connectivity index (χ3v) is 3.11. The zero-order chi connectivity index (χ0) is 10.2. The topological polar surface area (TPSA) is 29.5 Å². The van der Waals surface area contributed by atoms with Gasteiger partial charge in [-0.05, 0) is 24.0 Å². The maximum Gasteiger partial charge on any atom is 0.122 e. The first-order chi connectivity index (χ1) is 6.65. The molecule has 0 spiro atoms. The average molecular weight is 192 g/mol. The van der Waals surface area contributed by atoms with Gasteiger partial charge in [-0.15, -0.1) is 0 Å². The lowest BCUT2D eigenvalue weighted by molar-refractivity contribution is 0.134. The monoisotopic (exact) mass is 192 g/mol. The van der Waals surface area contributed by atoms with E-state index in [2.05, 4.69) is 6.92 Å². The van der Waals surface area contributed by atoms with E-state index >= 15 is 0 Å². The first-order valence-electron chi connectivity index (χ1n) is 5.00. The fourth-order valence-corrected chi connectivity index (χ4v) is 1.90. The number of hydrogen-bond acceptors (Lipinski definition) is 2. The Labute approximate surface area is 84.5 Å². The molecule has 0 bridgehead atoms. The molecular formula is C12H16O2. The van der Waals surface area contributed by atoms with E-state index in [1.807, 2.05) is 24.3 Å². The van der Waals surface area contributed by atoms with Gasteiger partial charge in [-0.25, -0.2) is 0 Å². The summed E-state index contributed by atoms with van der Waals surface area (Å²) < 4.78 is 5.24. The minimum absolute atomic E-state index is 0.424. The maximum atomic E-state index is 10.0. The first-order valence-corrected chi connectivity index (χ1v) is 5.00. The molecule has 1 fully saturated rings. The van der Waals surface area contributed by atoms with Crippen LogP contribution in [0.3, 0.4) is 0 Å². The number of hydrogen-bond donors (Lipinski definition) is 1. The van der Waals surface area contributed by atoms with Crippen molar-refractivity contribution in [3.63, 3.8) is 0 Å². The minimum atomic E-state index is -0.478.